The van der Waals surface area contributed by atoms with Crippen molar-refractivity contribution in [2.45, 2.75) is 0 Å². The van der Waals surface area contributed by atoms with E-state index in [1.165, 1.54) is 7.11 Å². The highest BCUT2D eigenvalue weighted by molar-refractivity contribution is 7.92. The highest BCUT2D eigenvalue weighted by atomic mass is 35.5. The number of carbonyl (C=O) groups is 2. The molecule has 0 radical (unpaired) electrons. The van der Waals surface area contributed by atoms with Gasteiger partial charge in [-0.2, -0.15) is 0 Å². The van der Waals surface area contributed by atoms with E-state index in [9.17, 15) is 18.0 Å². The van der Waals surface area contributed by atoms with Gasteiger partial charge >= 0.3 is 6.03 Å². The summed E-state index contributed by atoms with van der Waals surface area (Å²) in [7, 11) is -1.93. The summed E-state index contributed by atoms with van der Waals surface area (Å²) in [5.74, 6) is -0.0154. The molecule has 3 aromatic carbocycles. The average Bonchev–Trinajstić information content (AvgIpc) is 3.20. The van der Waals surface area contributed by atoms with Crippen LogP contribution in [0.15, 0.2) is 60.7 Å². The number of sulfonamides is 1. The van der Waals surface area contributed by atoms with Crippen LogP contribution in [-0.2, 0) is 19.7 Å². The third kappa shape index (κ3) is 6.06. The van der Waals surface area contributed by atoms with Crippen LogP contribution in [0.4, 0.5) is 27.5 Å². The molecule has 2 heterocycles. The van der Waals surface area contributed by atoms with Crippen molar-refractivity contribution in [1.82, 2.24) is 15.4 Å². The minimum atomic E-state index is -3.44. The zero-order valence-corrected chi connectivity index (χ0v) is 22.5. The third-order valence-corrected chi connectivity index (χ3v) is 6.32. The van der Waals surface area contributed by atoms with Crippen LogP contribution in [0.25, 0.3) is 21.8 Å². The number of carbonyl (C=O) groups excluding carboxylic acids is 2. The highest BCUT2D eigenvalue weighted by Gasteiger charge is 2.29. The van der Waals surface area contributed by atoms with E-state index < -0.39 is 22.0 Å². The summed E-state index contributed by atoms with van der Waals surface area (Å²) in [6, 6.07) is 17.6. The molecule has 1 aliphatic rings. The Morgan fingerprint density at radius 2 is 1.74 bits per heavy atom. The Bertz CT molecular complexity index is 1670. The fourth-order valence-electron chi connectivity index (χ4n) is 4.06. The van der Waals surface area contributed by atoms with Gasteiger partial charge in [-0.1, -0.05) is 18.2 Å². The van der Waals surface area contributed by atoms with Crippen LogP contribution >= 0.6 is 12.4 Å². The van der Waals surface area contributed by atoms with Crippen molar-refractivity contribution < 1.29 is 27.6 Å². The predicted molar refractivity (Wildman–Crippen MR) is 151 cm³/mol. The number of amides is 3. The number of urea groups is 1. The molecule has 0 spiro atoms. The van der Waals surface area contributed by atoms with Gasteiger partial charge in [0.1, 0.15) is 19.0 Å². The van der Waals surface area contributed by atoms with Gasteiger partial charge in [0.15, 0.2) is 0 Å². The van der Waals surface area contributed by atoms with Gasteiger partial charge in [0.25, 0.3) is 5.91 Å². The molecule has 12 nitrogen and oxygen atoms in total. The Kier molecular flexibility index (Phi) is 7.95. The quantitative estimate of drug-likeness (QED) is 0.133. The van der Waals surface area contributed by atoms with Crippen molar-refractivity contribution in [3.8, 4) is 5.75 Å². The number of fused-ring (bicyclic) bond motifs is 2. The molecule has 14 heteroatoms. The molecule has 4 N–H and O–H groups in total. The Hall–Kier alpha value is -4.33. The molecule has 204 valence electrons. The fraction of sp³-hybridized carbons (Fsp3) is 0.160. The van der Waals surface area contributed by atoms with Gasteiger partial charge in [-0.3, -0.25) is 9.52 Å². The van der Waals surface area contributed by atoms with E-state index in [0.29, 0.717) is 33.4 Å². The number of pyridine rings is 1. The number of para-hydroxylation sites is 1. The molecule has 0 saturated carbocycles. The predicted octanol–water partition coefficient (Wildman–Crippen LogP) is 3.79. The van der Waals surface area contributed by atoms with E-state index in [1.54, 1.807) is 18.2 Å². The van der Waals surface area contributed by atoms with Crippen molar-refractivity contribution in [2.24, 2.45) is 0 Å². The van der Waals surface area contributed by atoms with E-state index in [-0.39, 0.29) is 25.7 Å². The largest absolute Gasteiger partial charge is 0.494 e. The molecule has 0 atom stereocenters. The number of halogens is 1. The summed E-state index contributed by atoms with van der Waals surface area (Å²) in [6.45, 7) is -0.197. The lowest BCUT2D eigenvalue weighted by molar-refractivity contribution is -0.159. The second kappa shape index (κ2) is 11.2. The van der Waals surface area contributed by atoms with E-state index in [0.717, 1.165) is 28.2 Å². The summed E-state index contributed by atoms with van der Waals surface area (Å²) in [5, 5.41) is 11.2. The lowest BCUT2D eigenvalue weighted by Crippen LogP contribution is -2.32. The summed E-state index contributed by atoms with van der Waals surface area (Å²) in [4.78, 5) is 33.3. The van der Waals surface area contributed by atoms with Crippen LogP contribution in [0.2, 0.25) is 0 Å². The average molecular weight is 573 g/mol. The summed E-state index contributed by atoms with van der Waals surface area (Å²) >= 11 is 0. The fourth-order valence-corrected chi connectivity index (χ4v) is 4.62. The second-order valence-electron chi connectivity index (χ2n) is 8.45. The smallest absolute Gasteiger partial charge is 0.349 e. The normalized spacial score (nSPS) is 13.2. The number of aromatic nitrogens is 1. The third-order valence-electron chi connectivity index (χ3n) is 5.72. The van der Waals surface area contributed by atoms with Crippen molar-refractivity contribution in [2.75, 3.05) is 42.0 Å². The molecule has 1 fully saturated rings. The number of imide groups is 1. The van der Waals surface area contributed by atoms with Crippen LogP contribution in [0, 0.1) is 0 Å². The van der Waals surface area contributed by atoms with Crippen molar-refractivity contribution >= 4 is 78.9 Å². The van der Waals surface area contributed by atoms with Gasteiger partial charge in [-0.05, 0) is 36.4 Å². The van der Waals surface area contributed by atoms with Crippen LogP contribution in [-0.4, -0.2) is 57.0 Å². The van der Waals surface area contributed by atoms with Gasteiger partial charge < -0.3 is 20.7 Å². The maximum atomic E-state index is 11.7. The Labute approximate surface area is 230 Å². The minimum Gasteiger partial charge on any atom is -0.494 e. The summed E-state index contributed by atoms with van der Waals surface area (Å²) < 4.78 is 31.2. The van der Waals surface area contributed by atoms with E-state index in [4.69, 9.17) is 14.6 Å². The van der Waals surface area contributed by atoms with Gasteiger partial charge in [0.2, 0.25) is 10.0 Å². The summed E-state index contributed by atoms with van der Waals surface area (Å²) in [5.41, 5.74) is 3.91. The van der Waals surface area contributed by atoms with Crippen LogP contribution in [0.1, 0.15) is 0 Å². The molecular formula is C25H25ClN6O6S. The Morgan fingerprint density at radius 3 is 2.46 bits per heavy atom. The molecule has 3 amide bonds. The number of benzene rings is 3. The number of methoxy groups -OCH3 is 1. The number of nitrogens with one attached hydrogen (secondary N) is 4. The number of hydrogen-bond acceptors (Lipinski definition) is 9. The zero-order valence-electron chi connectivity index (χ0n) is 20.8. The van der Waals surface area contributed by atoms with Crippen molar-refractivity contribution in [3.05, 3.63) is 60.7 Å². The molecule has 1 aromatic heterocycles. The Morgan fingerprint density at radius 1 is 1.00 bits per heavy atom. The molecule has 1 saturated heterocycles. The van der Waals surface area contributed by atoms with E-state index >= 15 is 0 Å². The molecule has 0 aliphatic carbocycles. The maximum Gasteiger partial charge on any atom is 0.349 e. The number of anilines is 4. The molecule has 0 unspecified atom stereocenters. The number of hydroxylamine groups is 2. The lowest BCUT2D eigenvalue weighted by atomic mass is 10.1. The Balaban J connectivity index is 0.00000353. The molecule has 4 aromatic rings. The number of rotatable bonds is 9. The topological polar surface area (TPSA) is 151 Å². The van der Waals surface area contributed by atoms with Gasteiger partial charge in [-0.25, -0.2) is 23.0 Å². The van der Waals surface area contributed by atoms with Crippen molar-refractivity contribution in [1.29, 1.82) is 0 Å². The SMILES string of the molecule is COc1cc(NS(C)(=O)=O)ccc1Nc1c2ccccc2nc2cc(NCON3C(=O)CNC3=O)ccc12.Cl. The lowest BCUT2D eigenvalue weighted by Gasteiger charge is -2.17. The molecule has 5 rings (SSSR count). The number of hydrogen-bond donors (Lipinski definition) is 4. The number of nitrogens with zero attached hydrogens (tertiary/aromatic N) is 2. The van der Waals surface area contributed by atoms with Crippen LogP contribution < -0.4 is 25.4 Å². The maximum absolute atomic E-state index is 11.7. The number of ether oxygens (including phenoxy) is 1. The van der Waals surface area contributed by atoms with Crippen LogP contribution in [0.5, 0.6) is 5.75 Å². The molecule has 0 bridgehead atoms. The van der Waals surface area contributed by atoms with Crippen LogP contribution in [0.3, 0.4) is 0 Å². The van der Waals surface area contributed by atoms with Gasteiger partial charge in [0, 0.05) is 22.5 Å². The first-order valence-corrected chi connectivity index (χ1v) is 13.3. The van der Waals surface area contributed by atoms with Crippen molar-refractivity contribution in [3.63, 3.8) is 0 Å². The van der Waals surface area contributed by atoms with E-state index in [1.807, 2.05) is 42.5 Å². The van der Waals surface area contributed by atoms with Gasteiger partial charge in [0.05, 0.1) is 41.5 Å². The monoisotopic (exact) mass is 572 g/mol. The zero-order chi connectivity index (χ0) is 26.9. The highest BCUT2D eigenvalue weighted by Crippen LogP contribution is 2.37. The van der Waals surface area contributed by atoms with E-state index in [2.05, 4.69) is 20.7 Å². The first-order chi connectivity index (χ1) is 18.2. The van der Waals surface area contributed by atoms with Gasteiger partial charge in [-0.15, -0.1) is 17.5 Å². The minimum absolute atomic E-state index is 0. The first-order valence-electron chi connectivity index (χ1n) is 11.4. The second-order valence-corrected chi connectivity index (χ2v) is 10.2. The first kappa shape index (κ1) is 27.7. The molecule has 39 heavy (non-hydrogen) atoms. The summed E-state index contributed by atoms with van der Waals surface area (Å²) in [6.07, 6.45) is 1.08. The standard InChI is InChI=1S/C25H24N6O6S.ClH/c1-36-22-12-16(30-38(2,34)35)8-10-20(22)29-24-17-5-3-4-6-19(17)28-21-11-15(7-9-18(21)24)27-14-37-31-23(32)13-26-25(31)33;/h3-12,27,30H,13-14H2,1-2H3,(H,26,33)(H,28,29);1H. The molecule has 1 aliphatic heterocycles. The molecular weight excluding hydrogens is 548 g/mol.